The lowest BCUT2D eigenvalue weighted by Crippen LogP contribution is -2.21. The summed E-state index contributed by atoms with van der Waals surface area (Å²) in [5.74, 6) is -0.895. The van der Waals surface area contributed by atoms with Crippen LogP contribution in [0.4, 0.5) is 21.5 Å². The first-order valence-electron chi connectivity index (χ1n) is 7.86. The Kier molecular flexibility index (Phi) is 6.77. The first-order chi connectivity index (χ1) is 12.0. The molecule has 0 fully saturated rings. The van der Waals surface area contributed by atoms with Crippen molar-refractivity contribution in [2.75, 3.05) is 22.5 Å². The van der Waals surface area contributed by atoms with Gasteiger partial charge in [0, 0.05) is 23.5 Å². The van der Waals surface area contributed by atoms with Gasteiger partial charge in [0.25, 0.3) is 0 Å². The van der Waals surface area contributed by atoms with Gasteiger partial charge in [-0.15, -0.1) is 0 Å². The molecule has 0 aliphatic carbocycles. The van der Waals surface area contributed by atoms with Crippen LogP contribution in [-0.2, 0) is 9.59 Å². The highest BCUT2D eigenvalue weighted by molar-refractivity contribution is 6.31. The number of benzene rings is 2. The van der Waals surface area contributed by atoms with Gasteiger partial charge in [-0.1, -0.05) is 24.6 Å². The summed E-state index contributed by atoms with van der Waals surface area (Å²) in [5, 5.41) is 8.33. The molecule has 0 aliphatic rings. The zero-order valence-electron chi connectivity index (χ0n) is 13.7. The summed E-state index contributed by atoms with van der Waals surface area (Å²) < 4.78 is 13.1. The number of amides is 2. The van der Waals surface area contributed by atoms with Crippen molar-refractivity contribution in [3.63, 3.8) is 0 Å². The lowest BCUT2D eigenvalue weighted by atomic mass is 10.2. The van der Waals surface area contributed by atoms with Gasteiger partial charge in [-0.2, -0.15) is 0 Å². The first kappa shape index (κ1) is 18.7. The third kappa shape index (κ3) is 6.08. The molecule has 2 rings (SSSR count). The van der Waals surface area contributed by atoms with Crippen LogP contribution < -0.4 is 16.0 Å². The van der Waals surface area contributed by atoms with Crippen LogP contribution in [0.3, 0.4) is 0 Å². The van der Waals surface area contributed by atoms with E-state index in [1.807, 2.05) is 6.92 Å². The van der Waals surface area contributed by atoms with E-state index < -0.39 is 5.82 Å². The minimum atomic E-state index is -0.542. The Morgan fingerprint density at radius 1 is 1.00 bits per heavy atom. The molecule has 0 bridgehead atoms. The van der Waals surface area contributed by atoms with Gasteiger partial charge in [0.1, 0.15) is 5.82 Å². The summed E-state index contributed by atoms with van der Waals surface area (Å²) >= 11 is 5.68. The lowest BCUT2D eigenvalue weighted by Gasteiger charge is -2.10. The van der Waals surface area contributed by atoms with E-state index in [0.717, 1.165) is 6.42 Å². The van der Waals surface area contributed by atoms with E-state index in [-0.39, 0.29) is 23.4 Å². The zero-order valence-corrected chi connectivity index (χ0v) is 14.5. The van der Waals surface area contributed by atoms with Crippen LogP contribution in [0, 0.1) is 5.82 Å². The molecule has 0 radical (unpaired) electrons. The van der Waals surface area contributed by atoms with Gasteiger partial charge >= 0.3 is 0 Å². The number of hydrogen-bond acceptors (Lipinski definition) is 3. The van der Waals surface area contributed by atoms with E-state index in [1.54, 1.807) is 24.3 Å². The maximum Gasteiger partial charge on any atom is 0.243 e. The second-order valence-corrected chi connectivity index (χ2v) is 5.82. The molecular formula is C18H19ClFN3O2. The smallest absolute Gasteiger partial charge is 0.243 e. The molecule has 2 aromatic rings. The minimum absolute atomic E-state index is 0.0152. The second-order valence-electron chi connectivity index (χ2n) is 5.41. The molecule has 0 unspecified atom stereocenters. The molecule has 0 aromatic heterocycles. The van der Waals surface area contributed by atoms with E-state index in [0.29, 0.717) is 23.5 Å². The van der Waals surface area contributed by atoms with Crippen molar-refractivity contribution >= 4 is 40.5 Å². The topological polar surface area (TPSA) is 70.2 Å². The van der Waals surface area contributed by atoms with Gasteiger partial charge in [-0.3, -0.25) is 9.59 Å². The van der Waals surface area contributed by atoms with Gasteiger partial charge in [0.05, 0.1) is 11.6 Å². The largest absolute Gasteiger partial charge is 0.376 e. The molecule has 5 nitrogen and oxygen atoms in total. The Bertz CT molecular complexity index is 768. The third-order valence-corrected chi connectivity index (χ3v) is 3.57. The van der Waals surface area contributed by atoms with Crippen molar-refractivity contribution in [1.29, 1.82) is 0 Å². The highest BCUT2D eigenvalue weighted by Crippen LogP contribution is 2.19. The first-order valence-corrected chi connectivity index (χ1v) is 8.24. The van der Waals surface area contributed by atoms with Gasteiger partial charge in [0.2, 0.25) is 11.8 Å². The maximum absolute atomic E-state index is 13.1. The van der Waals surface area contributed by atoms with Crippen LogP contribution in [0.15, 0.2) is 42.5 Å². The van der Waals surface area contributed by atoms with E-state index >= 15 is 0 Å². The Morgan fingerprint density at radius 3 is 2.40 bits per heavy atom. The highest BCUT2D eigenvalue weighted by atomic mass is 35.5. The lowest BCUT2D eigenvalue weighted by molar-refractivity contribution is -0.116. The molecule has 0 aliphatic heterocycles. The van der Waals surface area contributed by atoms with Crippen LogP contribution in [0.25, 0.3) is 0 Å². The van der Waals surface area contributed by atoms with E-state index in [1.165, 1.54) is 18.2 Å². The van der Waals surface area contributed by atoms with Crippen molar-refractivity contribution in [3.8, 4) is 0 Å². The van der Waals surface area contributed by atoms with Gasteiger partial charge in [-0.25, -0.2) is 4.39 Å². The standard InChI is InChI=1S/C18H19ClFN3O2/c1-2-4-17(24)22-13-6-3-5-12(9-13)21-11-18(25)23-14-7-8-16(20)15(19)10-14/h3,5-10,21H,2,4,11H2,1H3,(H,22,24)(H,23,25). The average Bonchev–Trinajstić information content (AvgIpc) is 2.57. The number of rotatable bonds is 7. The Labute approximate surface area is 150 Å². The second kappa shape index (κ2) is 9.03. The molecule has 2 aromatic carbocycles. The third-order valence-electron chi connectivity index (χ3n) is 3.28. The molecular weight excluding hydrogens is 345 g/mol. The number of anilines is 3. The predicted octanol–water partition coefficient (Wildman–Crippen LogP) is 4.27. The van der Waals surface area contributed by atoms with E-state index in [9.17, 15) is 14.0 Å². The van der Waals surface area contributed by atoms with Crippen LogP contribution in [0.2, 0.25) is 5.02 Å². The molecule has 2 amide bonds. The summed E-state index contributed by atoms with van der Waals surface area (Å²) in [6.07, 6.45) is 1.23. The number of halogens is 2. The Hall–Kier alpha value is -2.60. The van der Waals surface area contributed by atoms with Gasteiger partial charge < -0.3 is 16.0 Å². The minimum Gasteiger partial charge on any atom is -0.376 e. The summed E-state index contributed by atoms with van der Waals surface area (Å²) in [6, 6.07) is 11.1. The predicted molar refractivity (Wildman–Crippen MR) is 98.5 cm³/mol. The highest BCUT2D eigenvalue weighted by Gasteiger charge is 2.06. The molecule has 132 valence electrons. The number of nitrogens with one attached hydrogen (secondary N) is 3. The molecule has 25 heavy (non-hydrogen) atoms. The molecule has 3 N–H and O–H groups in total. The summed E-state index contributed by atoms with van der Waals surface area (Å²) in [4.78, 5) is 23.6. The van der Waals surface area contributed by atoms with Crippen molar-refractivity contribution in [3.05, 3.63) is 53.3 Å². The fourth-order valence-electron chi connectivity index (χ4n) is 2.12. The fraction of sp³-hybridized carbons (Fsp3) is 0.222. The van der Waals surface area contributed by atoms with E-state index in [4.69, 9.17) is 11.6 Å². The van der Waals surface area contributed by atoms with E-state index in [2.05, 4.69) is 16.0 Å². The van der Waals surface area contributed by atoms with Crippen molar-refractivity contribution in [2.24, 2.45) is 0 Å². The van der Waals surface area contributed by atoms with Crippen LogP contribution in [0.5, 0.6) is 0 Å². The normalized spacial score (nSPS) is 10.2. The molecule has 0 atom stereocenters. The summed E-state index contributed by atoms with van der Waals surface area (Å²) in [7, 11) is 0. The average molecular weight is 364 g/mol. The summed E-state index contributed by atoms with van der Waals surface area (Å²) in [5.41, 5.74) is 1.77. The Balaban J connectivity index is 1.88. The zero-order chi connectivity index (χ0) is 18.2. The fourth-order valence-corrected chi connectivity index (χ4v) is 2.30. The van der Waals surface area contributed by atoms with Crippen molar-refractivity contribution < 1.29 is 14.0 Å². The van der Waals surface area contributed by atoms with Crippen LogP contribution >= 0.6 is 11.6 Å². The molecule has 0 saturated carbocycles. The van der Waals surface area contributed by atoms with Crippen molar-refractivity contribution in [2.45, 2.75) is 19.8 Å². The number of hydrogen-bond donors (Lipinski definition) is 3. The van der Waals surface area contributed by atoms with Crippen molar-refractivity contribution in [1.82, 2.24) is 0 Å². The molecule has 0 saturated heterocycles. The van der Waals surface area contributed by atoms with Crippen LogP contribution in [-0.4, -0.2) is 18.4 Å². The summed E-state index contributed by atoms with van der Waals surface area (Å²) in [6.45, 7) is 1.95. The SMILES string of the molecule is CCCC(=O)Nc1cccc(NCC(=O)Nc2ccc(F)c(Cl)c2)c1. The van der Waals surface area contributed by atoms with Gasteiger partial charge in [-0.05, 0) is 42.8 Å². The quantitative estimate of drug-likeness (QED) is 0.688. The Morgan fingerprint density at radius 2 is 1.68 bits per heavy atom. The molecule has 0 spiro atoms. The van der Waals surface area contributed by atoms with Crippen LogP contribution in [0.1, 0.15) is 19.8 Å². The number of carbonyl (C=O) groups excluding carboxylic acids is 2. The maximum atomic E-state index is 13.1. The monoisotopic (exact) mass is 363 g/mol. The molecule has 0 heterocycles. The molecule has 7 heteroatoms. The number of carbonyl (C=O) groups is 2. The van der Waals surface area contributed by atoms with Gasteiger partial charge in [0.15, 0.2) is 0 Å².